The van der Waals surface area contributed by atoms with Crippen LogP contribution in [-0.2, 0) is 0 Å². The van der Waals surface area contributed by atoms with Gasteiger partial charge >= 0.3 is 0 Å². The molecule has 0 aliphatic carbocycles. The molecular formula is C12H17ClN2S. The summed E-state index contributed by atoms with van der Waals surface area (Å²) in [5, 5.41) is 3.91. The van der Waals surface area contributed by atoms with Crippen LogP contribution in [-0.4, -0.2) is 11.5 Å². The summed E-state index contributed by atoms with van der Waals surface area (Å²) >= 11 is 11.1. The highest BCUT2D eigenvalue weighted by molar-refractivity contribution is 7.80. The van der Waals surface area contributed by atoms with Crippen LogP contribution in [0.2, 0.25) is 5.02 Å². The van der Waals surface area contributed by atoms with E-state index in [1.165, 1.54) is 0 Å². The predicted octanol–water partition coefficient (Wildman–Crippen LogP) is 3.43. The molecule has 2 nitrogen and oxygen atoms in total. The Balaban J connectivity index is 2.96. The quantitative estimate of drug-likeness (QED) is 0.814. The molecule has 3 N–H and O–H groups in total. The molecule has 16 heavy (non-hydrogen) atoms. The maximum atomic E-state index is 6.07. The van der Waals surface area contributed by atoms with E-state index in [1.54, 1.807) is 6.07 Å². The van der Waals surface area contributed by atoms with E-state index in [-0.39, 0.29) is 5.41 Å². The second kappa shape index (κ2) is 5.02. The number of hydrogen-bond donors (Lipinski definition) is 2. The molecule has 1 aromatic rings. The number of halogens is 1. The standard InChI is InChI=1S/C12H17ClN2S/c1-12(2,3)7-15-9-6-4-5-8(13)10(9)11(14)16/h4-6,15H,7H2,1-3H3,(H2,14,16). The number of thiocarbonyl (C=S) groups is 1. The minimum atomic E-state index is 0.190. The molecule has 88 valence electrons. The SMILES string of the molecule is CC(C)(C)CNc1cccc(Cl)c1C(N)=S. The molecule has 0 amide bonds. The van der Waals surface area contributed by atoms with Crippen molar-refractivity contribution in [2.45, 2.75) is 20.8 Å². The molecule has 0 aliphatic rings. The Kier molecular flexibility index (Phi) is 4.16. The summed E-state index contributed by atoms with van der Waals surface area (Å²) in [7, 11) is 0. The summed E-state index contributed by atoms with van der Waals surface area (Å²) in [6.07, 6.45) is 0. The van der Waals surface area contributed by atoms with Crippen molar-refractivity contribution >= 4 is 34.5 Å². The van der Waals surface area contributed by atoms with Gasteiger partial charge in [-0.3, -0.25) is 0 Å². The van der Waals surface area contributed by atoms with Crippen LogP contribution in [0.25, 0.3) is 0 Å². The monoisotopic (exact) mass is 256 g/mol. The second-order valence-corrected chi connectivity index (χ2v) is 5.79. The van der Waals surface area contributed by atoms with Crippen molar-refractivity contribution in [1.29, 1.82) is 0 Å². The summed E-state index contributed by atoms with van der Waals surface area (Å²) in [4.78, 5) is 0.321. The van der Waals surface area contributed by atoms with E-state index in [4.69, 9.17) is 29.6 Å². The maximum Gasteiger partial charge on any atom is 0.107 e. The highest BCUT2D eigenvalue weighted by atomic mass is 35.5. The molecule has 0 atom stereocenters. The molecule has 0 unspecified atom stereocenters. The minimum absolute atomic E-state index is 0.190. The number of rotatable bonds is 3. The third-order valence-electron chi connectivity index (χ3n) is 2.07. The molecule has 4 heteroatoms. The average molecular weight is 257 g/mol. The topological polar surface area (TPSA) is 38.0 Å². The Morgan fingerprint density at radius 1 is 1.44 bits per heavy atom. The van der Waals surface area contributed by atoms with Crippen LogP contribution in [0.15, 0.2) is 18.2 Å². The van der Waals surface area contributed by atoms with Crippen LogP contribution in [0.3, 0.4) is 0 Å². The fraction of sp³-hybridized carbons (Fsp3) is 0.417. The van der Waals surface area contributed by atoms with Crippen LogP contribution < -0.4 is 11.1 Å². The lowest BCUT2D eigenvalue weighted by Gasteiger charge is -2.21. The van der Waals surface area contributed by atoms with Crippen LogP contribution in [0.4, 0.5) is 5.69 Å². The number of anilines is 1. The molecule has 0 saturated carbocycles. The molecule has 0 radical (unpaired) electrons. The summed E-state index contributed by atoms with van der Waals surface area (Å²) in [6, 6.07) is 5.61. The van der Waals surface area contributed by atoms with Gasteiger partial charge in [0, 0.05) is 12.2 Å². The van der Waals surface area contributed by atoms with Gasteiger partial charge in [0.05, 0.1) is 10.6 Å². The third-order valence-corrected chi connectivity index (χ3v) is 2.59. The zero-order valence-electron chi connectivity index (χ0n) is 9.80. The van der Waals surface area contributed by atoms with Gasteiger partial charge in [0.25, 0.3) is 0 Å². The van der Waals surface area contributed by atoms with E-state index in [1.807, 2.05) is 12.1 Å². The maximum absolute atomic E-state index is 6.07. The molecule has 0 aromatic heterocycles. The highest BCUT2D eigenvalue weighted by Gasteiger charge is 2.13. The number of benzene rings is 1. The van der Waals surface area contributed by atoms with Crippen LogP contribution in [0.1, 0.15) is 26.3 Å². The summed E-state index contributed by atoms with van der Waals surface area (Å²) in [6.45, 7) is 7.31. The van der Waals surface area contributed by atoms with Crippen molar-refractivity contribution in [2.75, 3.05) is 11.9 Å². The molecule has 0 aliphatic heterocycles. The van der Waals surface area contributed by atoms with Gasteiger partial charge in [-0.25, -0.2) is 0 Å². The number of nitrogens with two attached hydrogens (primary N) is 1. The number of hydrogen-bond acceptors (Lipinski definition) is 2. The lowest BCUT2D eigenvalue weighted by atomic mass is 9.96. The number of nitrogens with one attached hydrogen (secondary N) is 1. The lowest BCUT2D eigenvalue weighted by molar-refractivity contribution is 0.443. The Bertz CT molecular complexity index is 396. The van der Waals surface area contributed by atoms with E-state index in [2.05, 4.69) is 26.1 Å². The average Bonchev–Trinajstić information content (AvgIpc) is 2.12. The second-order valence-electron chi connectivity index (χ2n) is 4.94. The van der Waals surface area contributed by atoms with Gasteiger partial charge < -0.3 is 11.1 Å². The molecule has 0 heterocycles. The third kappa shape index (κ3) is 3.65. The van der Waals surface area contributed by atoms with Gasteiger partial charge in [0.1, 0.15) is 4.99 Å². The largest absolute Gasteiger partial charge is 0.389 e. The van der Waals surface area contributed by atoms with Crippen LogP contribution in [0.5, 0.6) is 0 Å². The van der Waals surface area contributed by atoms with E-state index in [0.29, 0.717) is 10.0 Å². The molecule has 0 bridgehead atoms. The van der Waals surface area contributed by atoms with Crippen LogP contribution in [0, 0.1) is 5.41 Å². The molecule has 0 spiro atoms. The van der Waals surface area contributed by atoms with Gasteiger partial charge in [-0.15, -0.1) is 0 Å². The van der Waals surface area contributed by atoms with Gasteiger partial charge in [-0.2, -0.15) is 0 Å². The fourth-order valence-corrected chi connectivity index (χ4v) is 1.83. The van der Waals surface area contributed by atoms with E-state index in [9.17, 15) is 0 Å². The first kappa shape index (κ1) is 13.3. The molecule has 0 saturated heterocycles. The molecular weight excluding hydrogens is 240 g/mol. The Morgan fingerprint density at radius 3 is 2.56 bits per heavy atom. The van der Waals surface area contributed by atoms with Gasteiger partial charge in [0.15, 0.2) is 0 Å². The molecule has 1 rings (SSSR count). The van der Waals surface area contributed by atoms with Crippen molar-refractivity contribution in [1.82, 2.24) is 0 Å². The Labute approximate surface area is 107 Å². The zero-order chi connectivity index (χ0) is 12.3. The Hall–Kier alpha value is -0.800. The van der Waals surface area contributed by atoms with Gasteiger partial charge in [-0.05, 0) is 17.5 Å². The lowest BCUT2D eigenvalue weighted by Crippen LogP contribution is -2.21. The summed E-state index contributed by atoms with van der Waals surface area (Å²) in [5.74, 6) is 0. The normalized spacial score (nSPS) is 11.2. The fourth-order valence-electron chi connectivity index (χ4n) is 1.28. The van der Waals surface area contributed by atoms with Crippen molar-refractivity contribution < 1.29 is 0 Å². The summed E-state index contributed by atoms with van der Waals surface area (Å²) in [5.41, 5.74) is 7.48. The van der Waals surface area contributed by atoms with Crippen molar-refractivity contribution in [3.05, 3.63) is 28.8 Å². The molecule has 0 fully saturated rings. The highest BCUT2D eigenvalue weighted by Crippen LogP contribution is 2.25. The van der Waals surface area contributed by atoms with E-state index < -0.39 is 0 Å². The van der Waals surface area contributed by atoms with Crippen molar-refractivity contribution in [3.63, 3.8) is 0 Å². The smallest absolute Gasteiger partial charge is 0.107 e. The van der Waals surface area contributed by atoms with Crippen molar-refractivity contribution in [3.8, 4) is 0 Å². The minimum Gasteiger partial charge on any atom is -0.389 e. The van der Waals surface area contributed by atoms with Crippen molar-refractivity contribution in [2.24, 2.45) is 11.1 Å². The first-order valence-corrected chi connectivity index (χ1v) is 5.92. The molecule has 1 aromatic carbocycles. The Morgan fingerprint density at radius 2 is 2.06 bits per heavy atom. The van der Waals surface area contributed by atoms with Gasteiger partial charge in [-0.1, -0.05) is 50.7 Å². The first-order valence-electron chi connectivity index (χ1n) is 5.13. The first-order chi connectivity index (χ1) is 7.31. The predicted molar refractivity (Wildman–Crippen MR) is 75.3 cm³/mol. The van der Waals surface area contributed by atoms with E-state index >= 15 is 0 Å². The van der Waals surface area contributed by atoms with E-state index in [0.717, 1.165) is 17.8 Å². The zero-order valence-corrected chi connectivity index (χ0v) is 11.4. The summed E-state index contributed by atoms with van der Waals surface area (Å²) < 4.78 is 0. The van der Waals surface area contributed by atoms with Gasteiger partial charge in [0.2, 0.25) is 0 Å². The van der Waals surface area contributed by atoms with Crippen LogP contribution >= 0.6 is 23.8 Å².